The Kier molecular flexibility index (Phi) is 9.48. The lowest BCUT2D eigenvalue weighted by atomic mass is 9.89. The molecule has 1 N–H and O–H groups in total. The van der Waals surface area contributed by atoms with Crippen molar-refractivity contribution in [3.63, 3.8) is 0 Å². The van der Waals surface area contributed by atoms with E-state index in [4.69, 9.17) is 0 Å². The molecule has 6 heteroatoms. The number of nitrogens with zero attached hydrogens (tertiary/aromatic N) is 2. The van der Waals surface area contributed by atoms with Gasteiger partial charge in [-0.25, -0.2) is 4.39 Å². The Bertz CT molecular complexity index is 1010. The van der Waals surface area contributed by atoms with Crippen molar-refractivity contribution < 1.29 is 4.39 Å². The number of H-pyrrole nitrogens is 1. The summed E-state index contributed by atoms with van der Waals surface area (Å²) in [4.78, 5) is 8.54. The van der Waals surface area contributed by atoms with Gasteiger partial charge < -0.3 is 14.8 Å². The van der Waals surface area contributed by atoms with Crippen LogP contribution >= 0.6 is 24.8 Å². The molecule has 3 heterocycles. The first-order valence-corrected chi connectivity index (χ1v) is 12.1. The first-order chi connectivity index (χ1) is 15.3. The van der Waals surface area contributed by atoms with E-state index in [0.717, 1.165) is 24.0 Å². The van der Waals surface area contributed by atoms with Crippen molar-refractivity contribution in [2.24, 2.45) is 0 Å². The summed E-state index contributed by atoms with van der Waals surface area (Å²) in [5.74, 6) is 0.407. The van der Waals surface area contributed by atoms with Crippen molar-refractivity contribution in [1.29, 1.82) is 0 Å². The standard InChI is InChI=1S/C27H34FN3.2ClH/c28-23-10-11-26-24(19-23)25(20-29-26)21-12-17-30(18-13-21)14-4-1-5-15-31-16-6-8-22-7-2-3-9-27(22)31;;/h2-3,7,9-11,19-21,29H,1,4-6,8,12-18H2;2*1H. The second-order valence-corrected chi connectivity index (χ2v) is 9.33. The summed E-state index contributed by atoms with van der Waals surface area (Å²) in [5.41, 5.74) is 5.34. The number of nitrogens with one attached hydrogen (secondary N) is 1. The van der Waals surface area contributed by atoms with Gasteiger partial charge in [0.1, 0.15) is 5.82 Å². The van der Waals surface area contributed by atoms with Crippen molar-refractivity contribution >= 4 is 41.4 Å². The van der Waals surface area contributed by atoms with Gasteiger partial charge >= 0.3 is 0 Å². The summed E-state index contributed by atoms with van der Waals surface area (Å²) in [6.07, 6.45) is 10.8. The van der Waals surface area contributed by atoms with Crippen LogP contribution in [-0.4, -0.2) is 42.6 Å². The number of likely N-dealkylation sites (tertiary alicyclic amines) is 1. The fourth-order valence-electron chi connectivity index (χ4n) is 5.58. The van der Waals surface area contributed by atoms with Crippen molar-refractivity contribution in [2.75, 3.05) is 37.6 Å². The van der Waals surface area contributed by atoms with Crippen LogP contribution < -0.4 is 4.90 Å². The zero-order valence-electron chi connectivity index (χ0n) is 19.3. The van der Waals surface area contributed by atoms with Crippen molar-refractivity contribution in [1.82, 2.24) is 9.88 Å². The third-order valence-corrected chi connectivity index (χ3v) is 7.31. The van der Waals surface area contributed by atoms with Gasteiger partial charge in [-0.05, 0) is 99.5 Å². The number of unbranched alkanes of at least 4 members (excludes halogenated alkanes) is 2. The number of aromatic amines is 1. The Morgan fingerprint density at radius 1 is 0.909 bits per heavy atom. The number of anilines is 1. The van der Waals surface area contributed by atoms with Crippen LogP contribution in [0, 0.1) is 5.82 Å². The van der Waals surface area contributed by atoms with Gasteiger partial charge in [-0.2, -0.15) is 0 Å². The third kappa shape index (κ3) is 6.03. The van der Waals surface area contributed by atoms with Gasteiger partial charge in [-0.3, -0.25) is 0 Å². The van der Waals surface area contributed by atoms with Crippen LogP contribution in [0.4, 0.5) is 10.1 Å². The number of hydrogen-bond acceptors (Lipinski definition) is 2. The average molecular weight is 493 g/mol. The van der Waals surface area contributed by atoms with Crippen LogP contribution in [0.2, 0.25) is 0 Å². The Morgan fingerprint density at radius 3 is 2.55 bits per heavy atom. The number of rotatable bonds is 7. The molecule has 1 aromatic heterocycles. The molecule has 1 fully saturated rings. The van der Waals surface area contributed by atoms with Crippen LogP contribution in [0.3, 0.4) is 0 Å². The molecule has 0 bridgehead atoms. The zero-order valence-corrected chi connectivity index (χ0v) is 20.9. The Hall–Kier alpha value is -1.75. The van der Waals surface area contributed by atoms with E-state index < -0.39 is 0 Å². The molecule has 2 aliphatic heterocycles. The number of piperidine rings is 1. The molecule has 0 unspecified atom stereocenters. The summed E-state index contributed by atoms with van der Waals surface area (Å²) in [5, 5.41) is 1.07. The number of benzene rings is 2. The topological polar surface area (TPSA) is 22.3 Å². The van der Waals surface area contributed by atoms with Crippen LogP contribution in [-0.2, 0) is 6.42 Å². The number of halogens is 3. The predicted molar refractivity (Wildman–Crippen MR) is 142 cm³/mol. The minimum absolute atomic E-state index is 0. The maximum atomic E-state index is 13.7. The zero-order chi connectivity index (χ0) is 21.0. The highest BCUT2D eigenvalue weighted by molar-refractivity contribution is 5.85. The summed E-state index contributed by atoms with van der Waals surface area (Å²) in [6, 6.07) is 14.0. The van der Waals surface area contributed by atoms with Crippen LogP contribution in [0.15, 0.2) is 48.7 Å². The average Bonchev–Trinajstić information content (AvgIpc) is 3.22. The molecule has 180 valence electrons. The smallest absolute Gasteiger partial charge is 0.123 e. The third-order valence-electron chi connectivity index (χ3n) is 7.31. The summed E-state index contributed by atoms with van der Waals surface area (Å²) < 4.78 is 13.7. The molecule has 0 aliphatic carbocycles. The van der Waals surface area contributed by atoms with Gasteiger partial charge in [-0.1, -0.05) is 24.6 Å². The molecular formula is C27H36Cl2FN3. The minimum Gasteiger partial charge on any atom is -0.371 e. The number of aromatic nitrogens is 1. The fraction of sp³-hybridized carbons (Fsp3) is 0.481. The van der Waals surface area contributed by atoms with Crippen molar-refractivity contribution in [3.8, 4) is 0 Å². The van der Waals surface area contributed by atoms with E-state index >= 15 is 0 Å². The van der Waals surface area contributed by atoms with Gasteiger partial charge in [0.2, 0.25) is 0 Å². The SMILES string of the molecule is Cl.Cl.Fc1ccc2[nH]cc(C3CCN(CCCCCN4CCCc5ccccc54)CC3)c2c1. The van der Waals surface area contributed by atoms with Crippen LogP contribution in [0.5, 0.6) is 0 Å². The summed E-state index contributed by atoms with van der Waals surface area (Å²) in [7, 11) is 0. The molecular weight excluding hydrogens is 456 g/mol. The van der Waals surface area contributed by atoms with E-state index in [1.54, 1.807) is 6.07 Å². The molecule has 3 nitrogen and oxygen atoms in total. The van der Waals surface area contributed by atoms with Gasteiger partial charge in [0, 0.05) is 35.9 Å². The highest BCUT2D eigenvalue weighted by Crippen LogP contribution is 2.33. The van der Waals surface area contributed by atoms with Crippen molar-refractivity contribution in [2.45, 2.75) is 50.9 Å². The van der Waals surface area contributed by atoms with Gasteiger partial charge in [0.05, 0.1) is 0 Å². The lowest BCUT2D eigenvalue weighted by molar-refractivity contribution is 0.209. The molecule has 0 radical (unpaired) electrons. The molecule has 2 aliphatic rings. The van der Waals surface area contributed by atoms with E-state index in [1.165, 1.54) is 87.5 Å². The highest BCUT2D eigenvalue weighted by Gasteiger charge is 2.23. The quantitative estimate of drug-likeness (QED) is 0.361. The second kappa shape index (κ2) is 12.1. The molecule has 5 rings (SSSR count). The maximum Gasteiger partial charge on any atom is 0.123 e. The highest BCUT2D eigenvalue weighted by atomic mass is 35.5. The first-order valence-electron chi connectivity index (χ1n) is 12.1. The van der Waals surface area contributed by atoms with E-state index in [2.05, 4.69) is 45.2 Å². The van der Waals surface area contributed by atoms with Gasteiger partial charge in [0.25, 0.3) is 0 Å². The Balaban J connectivity index is 0.00000153. The molecule has 0 atom stereocenters. The molecule has 0 amide bonds. The van der Waals surface area contributed by atoms with E-state index in [1.807, 2.05) is 6.07 Å². The van der Waals surface area contributed by atoms with Crippen molar-refractivity contribution in [3.05, 3.63) is 65.6 Å². The molecule has 1 saturated heterocycles. The predicted octanol–water partition coefficient (Wildman–Crippen LogP) is 6.95. The van der Waals surface area contributed by atoms with E-state index in [-0.39, 0.29) is 30.6 Å². The van der Waals surface area contributed by atoms with Gasteiger partial charge in [0.15, 0.2) is 0 Å². The maximum absolute atomic E-state index is 13.7. The molecule has 33 heavy (non-hydrogen) atoms. The Labute approximate surface area is 209 Å². The molecule has 0 spiro atoms. The largest absolute Gasteiger partial charge is 0.371 e. The second-order valence-electron chi connectivity index (χ2n) is 9.33. The number of para-hydroxylation sites is 1. The summed E-state index contributed by atoms with van der Waals surface area (Å²) >= 11 is 0. The monoisotopic (exact) mass is 491 g/mol. The number of aryl methyl sites for hydroxylation is 1. The molecule has 2 aromatic carbocycles. The minimum atomic E-state index is -0.140. The van der Waals surface area contributed by atoms with Gasteiger partial charge in [-0.15, -0.1) is 24.8 Å². The molecule has 3 aromatic rings. The normalized spacial score (nSPS) is 16.8. The first kappa shape index (κ1) is 25.9. The van der Waals surface area contributed by atoms with Crippen LogP contribution in [0.25, 0.3) is 10.9 Å². The lowest BCUT2D eigenvalue weighted by Crippen LogP contribution is -2.34. The Morgan fingerprint density at radius 2 is 1.70 bits per heavy atom. The number of hydrogen-bond donors (Lipinski definition) is 1. The fourth-order valence-corrected chi connectivity index (χ4v) is 5.58. The van der Waals surface area contributed by atoms with E-state index in [0.29, 0.717) is 5.92 Å². The van der Waals surface area contributed by atoms with Crippen LogP contribution in [0.1, 0.15) is 55.6 Å². The number of fused-ring (bicyclic) bond motifs is 2. The lowest BCUT2D eigenvalue weighted by Gasteiger charge is -2.32. The summed E-state index contributed by atoms with van der Waals surface area (Å²) in [6.45, 7) is 5.93. The molecule has 0 saturated carbocycles. The van der Waals surface area contributed by atoms with E-state index in [9.17, 15) is 4.39 Å².